The van der Waals surface area contributed by atoms with Gasteiger partial charge in [0.1, 0.15) is 0 Å². The van der Waals surface area contributed by atoms with Crippen LogP contribution in [0.5, 0.6) is 0 Å². The van der Waals surface area contributed by atoms with E-state index in [9.17, 15) is 4.79 Å². The summed E-state index contributed by atoms with van der Waals surface area (Å²) in [6.45, 7) is 2.31. The number of anilines is 1. The molecular formula is C17H22BrNO. The Morgan fingerprint density at radius 1 is 1.30 bits per heavy atom. The van der Waals surface area contributed by atoms with Crippen LogP contribution in [0, 0.1) is 0 Å². The minimum atomic E-state index is 0.0663. The topological polar surface area (TPSA) is 20.3 Å². The predicted molar refractivity (Wildman–Crippen MR) is 86.6 cm³/mol. The lowest BCUT2D eigenvalue weighted by Gasteiger charge is -2.52. The molecule has 1 spiro atoms. The van der Waals surface area contributed by atoms with Crippen LogP contribution in [-0.2, 0) is 4.79 Å². The standard InChI is InChI=1S/C17H22BrNO/c1-13-11-17(9-5-2-6-10-17)19(16(20)12-18)15-8-4-3-7-14(13)15/h3-4,7-8,13H,2,5-6,9-12H2,1H3. The molecule has 1 aliphatic heterocycles. The van der Waals surface area contributed by atoms with Crippen molar-refractivity contribution in [1.82, 2.24) is 0 Å². The summed E-state index contributed by atoms with van der Waals surface area (Å²) in [7, 11) is 0. The third kappa shape index (κ3) is 2.20. The maximum atomic E-state index is 12.6. The number of carbonyl (C=O) groups excluding carboxylic acids is 1. The third-order valence-corrected chi connectivity index (χ3v) is 5.50. The van der Waals surface area contributed by atoms with Gasteiger partial charge in [-0.1, -0.05) is 60.3 Å². The fourth-order valence-corrected chi connectivity index (χ4v) is 4.48. The van der Waals surface area contributed by atoms with E-state index in [1.807, 2.05) is 0 Å². The molecule has 1 aromatic carbocycles. The minimum Gasteiger partial charge on any atom is -0.305 e. The maximum Gasteiger partial charge on any atom is 0.238 e. The lowest BCUT2D eigenvalue weighted by atomic mass is 9.70. The van der Waals surface area contributed by atoms with E-state index >= 15 is 0 Å². The van der Waals surface area contributed by atoms with Crippen molar-refractivity contribution in [2.45, 2.75) is 56.9 Å². The van der Waals surface area contributed by atoms with Crippen molar-refractivity contribution in [3.05, 3.63) is 29.8 Å². The number of alkyl halides is 1. The summed E-state index contributed by atoms with van der Waals surface area (Å²) in [4.78, 5) is 14.7. The van der Waals surface area contributed by atoms with E-state index in [1.165, 1.54) is 24.8 Å². The Bertz CT molecular complexity index is 507. The van der Waals surface area contributed by atoms with Crippen molar-refractivity contribution in [2.24, 2.45) is 0 Å². The van der Waals surface area contributed by atoms with Crippen LogP contribution < -0.4 is 4.90 Å². The zero-order valence-electron chi connectivity index (χ0n) is 12.1. The normalized spacial score (nSPS) is 24.5. The molecule has 20 heavy (non-hydrogen) atoms. The maximum absolute atomic E-state index is 12.6. The first-order valence-electron chi connectivity index (χ1n) is 7.66. The highest BCUT2D eigenvalue weighted by atomic mass is 79.9. The van der Waals surface area contributed by atoms with Gasteiger partial charge in [0.15, 0.2) is 0 Å². The van der Waals surface area contributed by atoms with E-state index in [2.05, 4.69) is 52.0 Å². The van der Waals surface area contributed by atoms with Crippen molar-refractivity contribution in [1.29, 1.82) is 0 Å². The van der Waals surface area contributed by atoms with Gasteiger partial charge in [-0.05, 0) is 36.8 Å². The van der Waals surface area contributed by atoms with Crippen LogP contribution in [0.3, 0.4) is 0 Å². The molecule has 0 bridgehead atoms. The average Bonchev–Trinajstić information content (AvgIpc) is 2.48. The monoisotopic (exact) mass is 335 g/mol. The van der Waals surface area contributed by atoms with E-state index < -0.39 is 0 Å². The fraction of sp³-hybridized carbons (Fsp3) is 0.588. The summed E-state index contributed by atoms with van der Waals surface area (Å²) >= 11 is 3.38. The van der Waals surface area contributed by atoms with Crippen molar-refractivity contribution in [3.63, 3.8) is 0 Å². The fourth-order valence-electron chi connectivity index (χ4n) is 4.23. The molecule has 1 aromatic rings. The van der Waals surface area contributed by atoms with E-state index in [4.69, 9.17) is 0 Å². The highest BCUT2D eigenvalue weighted by molar-refractivity contribution is 9.09. The number of halogens is 1. The van der Waals surface area contributed by atoms with Crippen molar-refractivity contribution >= 4 is 27.5 Å². The Morgan fingerprint density at radius 3 is 2.70 bits per heavy atom. The molecule has 1 unspecified atom stereocenters. The van der Waals surface area contributed by atoms with Gasteiger partial charge in [-0.25, -0.2) is 0 Å². The van der Waals surface area contributed by atoms with E-state index in [-0.39, 0.29) is 11.4 Å². The van der Waals surface area contributed by atoms with Gasteiger partial charge in [0.05, 0.1) is 5.33 Å². The molecular weight excluding hydrogens is 314 g/mol. The van der Waals surface area contributed by atoms with Crippen LogP contribution in [0.4, 0.5) is 5.69 Å². The molecule has 1 fully saturated rings. The number of hydrogen-bond donors (Lipinski definition) is 0. The largest absolute Gasteiger partial charge is 0.305 e. The second kappa shape index (κ2) is 5.51. The Kier molecular flexibility index (Phi) is 3.89. The zero-order valence-corrected chi connectivity index (χ0v) is 13.7. The predicted octanol–water partition coefficient (Wildman–Crippen LogP) is 4.62. The van der Waals surface area contributed by atoms with Gasteiger partial charge in [0.2, 0.25) is 5.91 Å². The van der Waals surface area contributed by atoms with Crippen LogP contribution in [-0.4, -0.2) is 16.8 Å². The molecule has 1 aliphatic carbocycles. The van der Waals surface area contributed by atoms with Crippen LogP contribution in [0.15, 0.2) is 24.3 Å². The summed E-state index contributed by atoms with van der Waals surface area (Å²) in [5, 5.41) is 0.414. The summed E-state index contributed by atoms with van der Waals surface area (Å²) < 4.78 is 0. The molecule has 0 saturated heterocycles. The number of amides is 1. The summed E-state index contributed by atoms with van der Waals surface area (Å²) in [6, 6.07) is 8.46. The number of fused-ring (bicyclic) bond motifs is 1. The Balaban J connectivity index is 2.10. The summed E-state index contributed by atoms with van der Waals surface area (Å²) in [6.07, 6.45) is 7.24. The molecule has 1 atom stereocenters. The third-order valence-electron chi connectivity index (χ3n) is 5.02. The average molecular weight is 336 g/mol. The number of nitrogens with zero attached hydrogens (tertiary/aromatic N) is 1. The summed E-state index contributed by atoms with van der Waals surface area (Å²) in [5.41, 5.74) is 2.55. The molecule has 2 aliphatic rings. The molecule has 0 N–H and O–H groups in total. The smallest absolute Gasteiger partial charge is 0.238 e. The second-order valence-electron chi connectivity index (χ2n) is 6.31. The Hall–Kier alpha value is -0.830. The quantitative estimate of drug-likeness (QED) is 0.685. The first-order valence-corrected chi connectivity index (χ1v) is 8.78. The Morgan fingerprint density at radius 2 is 2.00 bits per heavy atom. The zero-order chi connectivity index (χ0) is 14.2. The van der Waals surface area contributed by atoms with Crippen molar-refractivity contribution < 1.29 is 4.79 Å². The lowest BCUT2D eigenvalue weighted by molar-refractivity contribution is -0.117. The molecule has 1 saturated carbocycles. The first-order chi connectivity index (χ1) is 9.68. The van der Waals surface area contributed by atoms with Gasteiger partial charge in [0.25, 0.3) is 0 Å². The van der Waals surface area contributed by atoms with Crippen molar-refractivity contribution in [2.75, 3.05) is 10.2 Å². The first kappa shape index (κ1) is 14.1. The van der Waals surface area contributed by atoms with Crippen LogP contribution in [0.1, 0.15) is 56.9 Å². The van der Waals surface area contributed by atoms with Gasteiger partial charge < -0.3 is 4.90 Å². The van der Waals surface area contributed by atoms with E-state index in [0.29, 0.717) is 11.2 Å². The van der Waals surface area contributed by atoms with E-state index in [0.717, 1.165) is 24.9 Å². The number of carbonyl (C=O) groups is 1. The highest BCUT2D eigenvalue weighted by Gasteiger charge is 2.46. The molecule has 2 nitrogen and oxygen atoms in total. The van der Waals surface area contributed by atoms with Crippen LogP contribution in [0.25, 0.3) is 0 Å². The second-order valence-corrected chi connectivity index (χ2v) is 6.87. The van der Waals surface area contributed by atoms with Gasteiger partial charge in [-0.3, -0.25) is 4.79 Å². The van der Waals surface area contributed by atoms with Crippen LogP contribution >= 0.6 is 15.9 Å². The molecule has 1 heterocycles. The Labute approximate surface area is 129 Å². The number of benzene rings is 1. The highest BCUT2D eigenvalue weighted by Crippen LogP contribution is 2.49. The van der Waals surface area contributed by atoms with Gasteiger partial charge in [-0.2, -0.15) is 0 Å². The molecule has 1 amide bonds. The molecule has 3 rings (SSSR count). The molecule has 3 heteroatoms. The molecule has 0 aromatic heterocycles. The van der Waals surface area contributed by atoms with Crippen LogP contribution in [0.2, 0.25) is 0 Å². The SMILES string of the molecule is CC1CC2(CCCCC2)N(C(=O)CBr)c2ccccc21. The summed E-state index contributed by atoms with van der Waals surface area (Å²) in [5.74, 6) is 0.759. The molecule has 0 radical (unpaired) electrons. The minimum absolute atomic E-state index is 0.0663. The number of rotatable bonds is 1. The van der Waals surface area contributed by atoms with E-state index in [1.54, 1.807) is 0 Å². The van der Waals surface area contributed by atoms with Gasteiger partial charge in [0, 0.05) is 11.2 Å². The molecule has 108 valence electrons. The number of para-hydroxylation sites is 1. The lowest BCUT2D eigenvalue weighted by Crippen LogP contribution is -2.56. The number of hydrogen-bond acceptors (Lipinski definition) is 1. The van der Waals surface area contributed by atoms with Gasteiger partial charge in [-0.15, -0.1) is 0 Å². The van der Waals surface area contributed by atoms with Gasteiger partial charge >= 0.3 is 0 Å². The van der Waals surface area contributed by atoms with Crippen molar-refractivity contribution in [3.8, 4) is 0 Å².